The Morgan fingerprint density at radius 1 is 1.03 bits per heavy atom. The molecule has 1 aromatic carbocycles. The van der Waals surface area contributed by atoms with Gasteiger partial charge in [0.05, 0.1) is 12.1 Å². The first kappa shape index (κ1) is 20.6. The molecule has 0 aliphatic rings. The fraction of sp³-hybridized carbons (Fsp3) is 0.211. The van der Waals surface area contributed by atoms with Crippen molar-refractivity contribution in [2.45, 2.75) is 26.9 Å². The summed E-state index contributed by atoms with van der Waals surface area (Å²) in [6.45, 7) is 3.31. The molecule has 0 saturated heterocycles. The number of rotatable bonds is 7. The van der Waals surface area contributed by atoms with Crippen LogP contribution in [0.3, 0.4) is 0 Å². The summed E-state index contributed by atoms with van der Waals surface area (Å²) in [6.07, 6.45) is 0.138. The zero-order valence-corrected chi connectivity index (χ0v) is 17.4. The van der Waals surface area contributed by atoms with Gasteiger partial charge in [-0.1, -0.05) is 17.7 Å². The van der Waals surface area contributed by atoms with Gasteiger partial charge in [-0.25, -0.2) is 14.8 Å². The summed E-state index contributed by atoms with van der Waals surface area (Å²) in [7, 11) is 0. The van der Waals surface area contributed by atoms with Gasteiger partial charge in [0.2, 0.25) is 11.8 Å². The molecule has 2 heterocycles. The van der Waals surface area contributed by atoms with Crippen LogP contribution in [-0.4, -0.2) is 27.8 Å². The van der Waals surface area contributed by atoms with Crippen LogP contribution in [0.15, 0.2) is 35.0 Å². The van der Waals surface area contributed by atoms with Crippen molar-refractivity contribution in [3.05, 3.63) is 57.0 Å². The number of hydrogen-bond donors (Lipinski definition) is 2. The third kappa shape index (κ3) is 6.19. The Morgan fingerprint density at radius 2 is 1.79 bits per heavy atom. The average molecular weight is 431 g/mol. The second-order valence-corrected chi connectivity index (χ2v) is 7.92. The molecule has 3 aromatic rings. The topological polar surface area (TPSA) is 110 Å². The Labute approximate surface area is 175 Å². The van der Waals surface area contributed by atoms with Crippen molar-refractivity contribution in [1.29, 1.82) is 0 Å². The highest BCUT2D eigenvalue weighted by Crippen LogP contribution is 2.17. The van der Waals surface area contributed by atoms with E-state index in [1.165, 1.54) is 23.6 Å². The third-order valence-electron chi connectivity index (χ3n) is 3.59. The minimum absolute atomic E-state index is 0.0259. The van der Waals surface area contributed by atoms with E-state index in [0.29, 0.717) is 15.8 Å². The number of nitrogens with zero attached hydrogens (tertiary/aromatic N) is 2. The molecule has 2 aromatic heterocycles. The fourth-order valence-corrected chi connectivity index (χ4v) is 3.77. The molecule has 0 fully saturated rings. The molecule has 0 aliphatic carbocycles. The lowest BCUT2D eigenvalue weighted by atomic mass is 10.2. The smallest absolute Gasteiger partial charge is 0.358 e. The lowest BCUT2D eigenvalue weighted by molar-refractivity contribution is -0.116. The molecule has 0 unspecified atom stereocenters. The van der Waals surface area contributed by atoms with Crippen molar-refractivity contribution in [2.75, 3.05) is 10.6 Å². The normalized spacial score (nSPS) is 10.4. The minimum Gasteiger partial charge on any atom is -0.454 e. The molecule has 0 radical (unpaired) electrons. The zero-order valence-electron chi connectivity index (χ0n) is 15.7. The van der Waals surface area contributed by atoms with E-state index >= 15 is 0 Å². The summed E-state index contributed by atoms with van der Waals surface area (Å²) in [6, 6.07) is 7.53. The van der Waals surface area contributed by atoms with Crippen molar-refractivity contribution in [3.8, 4) is 0 Å². The second kappa shape index (κ2) is 9.39. The maximum absolute atomic E-state index is 12.1. The van der Waals surface area contributed by atoms with Crippen molar-refractivity contribution in [1.82, 2.24) is 9.97 Å². The van der Waals surface area contributed by atoms with Gasteiger partial charge in [-0.2, -0.15) is 0 Å². The molecule has 10 heteroatoms. The van der Waals surface area contributed by atoms with Crippen LogP contribution in [0.5, 0.6) is 0 Å². The van der Waals surface area contributed by atoms with Crippen LogP contribution in [0, 0.1) is 6.92 Å². The number of nitrogens with one attached hydrogen (secondary N) is 2. The SMILES string of the molecule is CC(=O)Nc1nc(C(=O)OCc2csc(CC(=O)Nc3ccc(C)cc3)n2)cs1. The molecule has 0 bridgehead atoms. The van der Waals surface area contributed by atoms with Gasteiger partial charge >= 0.3 is 5.97 Å². The van der Waals surface area contributed by atoms with Gasteiger partial charge in [0, 0.05) is 23.4 Å². The molecule has 150 valence electrons. The van der Waals surface area contributed by atoms with E-state index in [1.807, 2.05) is 31.2 Å². The van der Waals surface area contributed by atoms with Gasteiger partial charge in [-0.3, -0.25) is 9.59 Å². The number of aromatic nitrogens is 2. The Bertz CT molecular complexity index is 1030. The van der Waals surface area contributed by atoms with E-state index in [0.717, 1.165) is 22.6 Å². The Hall–Kier alpha value is -3.11. The molecule has 8 nitrogen and oxygen atoms in total. The van der Waals surface area contributed by atoms with E-state index in [2.05, 4.69) is 20.6 Å². The largest absolute Gasteiger partial charge is 0.454 e. The number of esters is 1. The van der Waals surface area contributed by atoms with E-state index in [4.69, 9.17) is 4.74 Å². The number of benzene rings is 1. The van der Waals surface area contributed by atoms with Crippen LogP contribution >= 0.6 is 22.7 Å². The molecule has 0 aliphatic heterocycles. The van der Waals surface area contributed by atoms with E-state index < -0.39 is 5.97 Å². The van der Waals surface area contributed by atoms with Crippen LogP contribution in [0.4, 0.5) is 10.8 Å². The number of hydrogen-bond acceptors (Lipinski definition) is 8. The summed E-state index contributed by atoms with van der Waals surface area (Å²) in [5.74, 6) is -1.04. The molecular weight excluding hydrogens is 412 g/mol. The summed E-state index contributed by atoms with van der Waals surface area (Å²) in [4.78, 5) is 43.5. The number of anilines is 2. The number of aryl methyl sites for hydroxylation is 1. The van der Waals surface area contributed by atoms with Crippen molar-refractivity contribution in [3.63, 3.8) is 0 Å². The van der Waals surface area contributed by atoms with Crippen molar-refractivity contribution >= 4 is 51.3 Å². The average Bonchev–Trinajstić information content (AvgIpc) is 3.31. The van der Waals surface area contributed by atoms with Gasteiger partial charge in [0.25, 0.3) is 0 Å². The minimum atomic E-state index is -0.607. The van der Waals surface area contributed by atoms with Gasteiger partial charge < -0.3 is 15.4 Å². The number of ether oxygens (including phenoxy) is 1. The van der Waals surface area contributed by atoms with Gasteiger partial charge in [0.15, 0.2) is 10.8 Å². The summed E-state index contributed by atoms with van der Waals surface area (Å²) >= 11 is 2.46. The fourth-order valence-electron chi connectivity index (χ4n) is 2.26. The van der Waals surface area contributed by atoms with Gasteiger partial charge in [-0.05, 0) is 19.1 Å². The molecule has 0 spiro atoms. The Kier molecular flexibility index (Phi) is 6.68. The van der Waals surface area contributed by atoms with E-state index in [-0.39, 0.29) is 30.5 Å². The van der Waals surface area contributed by atoms with Crippen molar-refractivity contribution in [2.24, 2.45) is 0 Å². The van der Waals surface area contributed by atoms with Gasteiger partial charge in [0.1, 0.15) is 11.6 Å². The highest BCUT2D eigenvalue weighted by Gasteiger charge is 2.14. The quantitative estimate of drug-likeness (QED) is 0.556. The standard InChI is InChI=1S/C19H18N4O4S2/c1-11-3-5-13(6-4-11)21-16(25)7-17-22-14(9-28-17)8-27-18(26)15-10-29-19(23-15)20-12(2)24/h3-6,9-10H,7-8H2,1-2H3,(H,21,25)(H,20,23,24). The molecule has 2 amide bonds. The highest BCUT2D eigenvalue weighted by molar-refractivity contribution is 7.14. The monoisotopic (exact) mass is 430 g/mol. The summed E-state index contributed by atoms with van der Waals surface area (Å²) < 4.78 is 5.19. The highest BCUT2D eigenvalue weighted by atomic mass is 32.1. The number of carbonyl (C=O) groups excluding carboxylic acids is 3. The molecule has 0 atom stereocenters. The molecule has 0 saturated carbocycles. The van der Waals surface area contributed by atoms with Crippen molar-refractivity contribution < 1.29 is 19.1 Å². The van der Waals surface area contributed by atoms with Crippen LogP contribution in [0.25, 0.3) is 0 Å². The first-order chi connectivity index (χ1) is 13.9. The second-order valence-electron chi connectivity index (χ2n) is 6.12. The Morgan fingerprint density at radius 3 is 2.52 bits per heavy atom. The predicted molar refractivity (Wildman–Crippen MR) is 111 cm³/mol. The third-order valence-corrected chi connectivity index (χ3v) is 5.25. The maximum atomic E-state index is 12.1. The number of carbonyl (C=O) groups is 3. The van der Waals surface area contributed by atoms with Crippen LogP contribution in [0.1, 0.15) is 33.7 Å². The van der Waals surface area contributed by atoms with Crippen LogP contribution < -0.4 is 10.6 Å². The summed E-state index contributed by atoms with van der Waals surface area (Å²) in [5.41, 5.74) is 2.52. The maximum Gasteiger partial charge on any atom is 0.358 e. The van der Waals surface area contributed by atoms with E-state index in [1.54, 1.807) is 5.38 Å². The lowest BCUT2D eigenvalue weighted by Crippen LogP contribution is -2.14. The Balaban J connectivity index is 1.49. The summed E-state index contributed by atoms with van der Waals surface area (Å²) in [5, 5.41) is 9.54. The number of thiazole rings is 2. The lowest BCUT2D eigenvalue weighted by Gasteiger charge is -2.04. The molecule has 3 rings (SSSR count). The van der Waals surface area contributed by atoms with Crippen LogP contribution in [-0.2, 0) is 27.4 Å². The van der Waals surface area contributed by atoms with Crippen LogP contribution in [0.2, 0.25) is 0 Å². The molecule has 2 N–H and O–H groups in total. The first-order valence-corrected chi connectivity index (χ1v) is 10.3. The number of amides is 2. The predicted octanol–water partition coefficient (Wildman–Crippen LogP) is 3.40. The van der Waals surface area contributed by atoms with E-state index in [9.17, 15) is 14.4 Å². The first-order valence-electron chi connectivity index (χ1n) is 8.59. The molecule has 29 heavy (non-hydrogen) atoms. The molecular formula is C19H18N4O4S2. The van der Waals surface area contributed by atoms with Gasteiger partial charge in [-0.15, -0.1) is 22.7 Å². The zero-order chi connectivity index (χ0) is 20.8.